The number of nitrogens with one attached hydrogen (secondary N) is 2. The summed E-state index contributed by atoms with van der Waals surface area (Å²) in [5.41, 5.74) is 3.63. The highest BCUT2D eigenvalue weighted by Gasteiger charge is 2.16. The van der Waals surface area contributed by atoms with Crippen LogP contribution in [0.2, 0.25) is 0 Å². The quantitative estimate of drug-likeness (QED) is 0.128. The first kappa shape index (κ1) is 28.5. The van der Waals surface area contributed by atoms with Crippen molar-refractivity contribution >= 4 is 21.5 Å². The van der Waals surface area contributed by atoms with Crippen molar-refractivity contribution < 1.29 is 22.4 Å². The number of hydrogen-bond donors (Lipinski definition) is 3. The van der Waals surface area contributed by atoms with E-state index in [2.05, 4.69) is 25.2 Å². The van der Waals surface area contributed by atoms with Crippen molar-refractivity contribution in [3.05, 3.63) is 132 Å². The molecule has 0 saturated heterocycles. The zero-order valence-corrected chi connectivity index (χ0v) is 23.3. The van der Waals surface area contributed by atoms with Gasteiger partial charge in [-0.25, -0.2) is 12.8 Å². The molecule has 0 aliphatic carbocycles. The molecule has 0 unspecified atom stereocenters. The van der Waals surface area contributed by atoms with Gasteiger partial charge in [0.15, 0.2) is 0 Å². The lowest BCUT2D eigenvalue weighted by Crippen LogP contribution is -2.13. The lowest BCUT2D eigenvalue weighted by molar-refractivity contribution is 0.379. The normalized spacial score (nSPS) is 11.8. The van der Waals surface area contributed by atoms with Crippen molar-refractivity contribution in [2.45, 2.75) is 24.2 Å². The molecule has 0 amide bonds. The molecule has 2 aromatic heterocycles. The van der Waals surface area contributed by atoms with Gasteiger partial charge in [0.05, 0.1) is 4.90 Å². The van der Waals surface area contributed by atoms with Crippen LogP contribution >= 0.6 is 0 Å². The topological polar surface area (TPSA) is 130 Å². The van der Waals surface area contributed by atoms with Crippen LogP contribution in [-0.2, 0) is 29.3 Å². The molecule has 0 fully saturated rings. The number of aliphatic hydroxyl groups is 1. The van der Waals surface area contributed by atoms with Gasteiger partial charge in [0.25, 0.3) is 10.0 Å². The summed E-state index contributed by atoms with van der Waals surface area (Å²) in [5.74, 6) is 0.604. The Bertz CT molecular complexity index is 1740. The van der Waals surface area contributed by atoms with E-state index in [0.29, 0.717) is 54.3 Å². The Hall–Kier alpha value is -5.03. The van der Waals surface area contributed by atoms with Gasteiger partial charge in [-0.2, -0.15) is 4.98 Å². The first-order valence-electron chi connectivity index (χ1n) is 13.2. The van der Waals surface area contributed by atoms with Gasteiger partial charge >= 0.3 is 0 Å². The summed E-state index contributed by atoms with van der Waals surface area (Å²) in [6.07, 6.45) is 6.53. The van der Waals surface area contributed by atoms with E-state index in [1.807, 2.05) is 12.1 Å². The summed E-state index contributed by atoms with van der Waals surface area (Å²) in [6, 6.07) is 23.1. The van der Waals surface area contributed by atoms with E-state index >= 15 is 0 Å². The minimum atomic E-state index is -3.81. The van der Waals surface area contributed by atoms with Gasteiger partial charge < -0.3 is 14.9 Å². The molecule has 11 heteroatoms. The molecule has 0 aliphatic rings. The van der Waals surface area contributed by atoms with Crippen molar-refractivity contribution in [3.63, 3.8) is 0 Å². The van der Waals surface area contributed by atoms with Crippen molar-refractivity contribution in [1.82, 2.24) is 20.4 Å². The van der Waals surface area contributed by atoms with Crippen LogP contribution in [0, 0.1) is 5.82 Å². The Labute approximate surface area is 242 Å². The predicted molar refractivity (Wildman–Crippen MR) is 157 cm³/mol. The maximum absolute atomic E-state index is 13.1. The van der Waals surface area contributed by atoms with Crippen LogP contribution in [0.15, 0.2) is 113 Å². The second-order valence-corrected chi connectivity index (χ2v) is 11.1. The van der Waals surface area contributed by atoms with Crippen LogP contribution in [0.4, 0.5) is 10.1 Å². The Morgan fingerprint density at radius 2 is 1.62 bits per heavy atom. The van der Waals surface area contributed by atoms with Crippen molar-refractivity contribution in [3.8, 4) is 11.4 Å². The highest BCUT2D eigenvalue weighted by Crippen LogP contribution is 2.22. The van der Waals surface area contributed by atoms with Crippen molar-refractivity contribution in [2.75, 3.05) is 11.3 Å². The summed E-state index contributed by atoms with van der Waals surface area (Å²) < 4.78 is 46.9. The summed E-state index contributed by atoms with van der Waals surface area (Å²) in [6.45, 7) is 0.581. The molecule has 0 saturated carbocycles. The van der Waals surface area contributed by atoms with Crippen molar-refractivity contribution in [1.29, 1.82) is 0 Å². The van der Waals surface area contributed by atoms with E-state index in [0.717, 1.165) is 11.1 Å². The second kappa shape index (κ2) is 13.1. The monoisotopic (exact) mass is 585 g/mol. The molecule has 3 N–H and O–H groups in total. The van der Waals surface area contributed by atoms with E-state index in [9.17, 15) is 17.9 Å². The Morgan fingerprint density at radius 1 is 0.905 bits per heavy atom. The van der Waals surface area contributed by atoms with E-state index < -0.39 is 10.0 Å². The fraction of sp³-hybridized carbons (Fsp3) is 0.129. The molecule has 0 spiro atoms. The molecule has 0 bridgehead atoms. The Balaban J connectivity index is 1.12. The first-order valence-corrected chi connectivity index (χ1v) is 14.7. The summed E-state index contributed by atoms with van der Waals surface area (Å²) >= 11 is 0. The fourth-order valence-electron chi connectivity index (χ4n) is 4.10. The smallest absolute Gasteiger partial charge is 0.261 e. The molecule has 0 atom stereocenters. The van der Waals surface area contributed by atoms with Gasteiger partial charge in [-0.15, -0.1) is 0 Å². The number of nitrogens with zero attached hydrogens (tertiary/aromatic N) is 3. The molecular weight excluding hydrogens is 557 g/mol. The van der Waals surface area contributed by atoms with Crippen LogP contribution in [-0.4, -0.2) is 35.2 Å². The number of aliphatic hydroxyl groups excluding tert-OH is 1. The standard InChI is InChI=1S/C31H28FN5O4S/c32-26-10-3-22(4-11-26)7-16-30-35-31(36-41-30)24-8-14-28(15-9-24)42(39,40)37-27-12-5-23(6-13-27)17-19-34-21-29(38)25-2-1-18-33-20-25/h1-6,8-15,18,20-21,34,37-38H,7,16-17,19H2/b29-21+. The van der Waals surface area contributed by atoms with Gasteiger partial charge in [0.1, 0.15) is 11.6 Å². The van der Waals surface area contributed by atoms with Gasteiger partial charge in [0.2, 0.25) is 11.7 Å². The minimum absolute atomic E-state index is 0.0970. The molecule has 0 aliphatic heterocycles. The van der Waals surface area contributed by atoms with Crippen LogP contribution in [0.3, 0.4) is 0 Å². The number of rotatable bonds is 12. The van der Waals surface area contributed by atoms with Gasteiger partial charge in [-0.3, -0.25) is 9.71 Å². The van der Waals surface area contributed by atoms with E-state index in [4.69, 9.17) is 4.52 Å². The predicted octanol–water partition coefficient (Wildman–Crippen LogP) is 5.55. The summed E-state index contributed by atoms with van der Waals surface area (Å²) in [5, 5.41) is 17.1. The SMILES string of the molecule is O=S(=O)(Nc1ccc(CCN/C=C(/O)c2cccnc2)cc1)c1ccc(-c2noc(CCc3ccc(F)cc3)n2)cc1. The maximum atomic E-state index is 13.1. The molecule has 42 heavy (non-hydrogen) atoms. The lowest BCUT2D eigenvalue weighted by atomic mass is 10.1. The van der Waals surface area contributed by atoms with Crippen LogP contribution in [0.25, 0.3) is 17.1 Å². The summed E-state index contributed by atoms with van der Waals surface area (Å²) in [7, 11) is -3.81. The second-order valence-electron chi connectivity index (χ2n) is 9.44. The fourth-order valence-corrected chi connectivity index (χ4v) is 5.15. The lowest BCUT2D eigenvalue weighted by Gasteiger charge is -2.09. The number of benzene rings is 3. The van der Waals surface area contributed by atoms with Gasteiger partial charge in [0, 0.05) is 48.4 Å². The third-order valence-corrected chi connectivity index (χ3v) is 7.79. The van der Waals surface area contributed by atoms with Crippen LogP contribution < -0.4 is 10.0 Å². The molecule has 214 valence electrons. The molecular formula is C31H28FN5O4S. The van der Waals surface area contributed by atoms with Gasteiger partial charge in [-0.1, -0.05) is 29.4 Å². The highest BCUT2D eigenvalue weighted by atomic mass is 32.2. The van der Waals surface area contributed by atoms with Crippen LogP contribution in [0.1, 0.15) is 22.6 Å². The molecule has 5 aromatic rings. The van der Waals surface area contributed by atoms with Gasteiger partial charge in [-0.05, 0) is 84.6 Å². The minimum Gasteiger partial charge on any atom is -0.506 e. The number of halogens is 1. The van der Waals surface area contributed by atoms with E-state index in [1.165, 1.54) is 30.5 Å². The maximum Gasteiger partial charge on any atom is 0.261 e. The number of anilines is 1. The largest absolute Gasteiger partial charge is 0.506 e. The third-order valence-electron chi connectivity index (χ3n) is 6.39. The average molecular weight is 586 g/mol. The van der Waals surface area contributed by atoms with E-state index in [-0.39, 0.29) is 16.5 Å². The number of aryl methyl sites for hydroxylation is 2. The van der Waals surface area contributed by atoms with Crippen LogP contribution in [0.5, 0.6) is 0 Å². The van der Waals surface area contributed by atoms with E-state index in [1.54, 1.807) is 60.9 Å². The van der Waals surface area contributed by atoms with Crippen molar-refractivity contribution in [2.24, 2.45) is 0 Å². The molecule has 5 rings (SSSR count). The Morgan fingerprint density at radius 3 is 2.33 bits per heavy atom. The number of aromatic nitrogens is 3. The zero-order chi connectivity index (χ0) is 29.4. The zero-order valence-electron chi connectivity index (χ0n) is 22.4. The highest BCUT2D eigenvalue weighted by molar-refractivity contribution is 7.92. The third kappa shape index (κ3) is 7.58. The number of hydrogen-bond acceptors (Lipinski definition) is 8. The first-order chi connectivity index (χ1) is 20.4. The average Bonchev–Trinajstić information content (AvgIpc) is 3.49. The molecule has 3 aromatic carbocycles. The Kier molecular flexibility index (Phi) is 8.88. The number of sulfonamides is 1. The summed E-state index contributed by atoms with van der Waals surface area (Å²) in [4.78, 5) is 8.46. The number of pyridine rings is 1. The molecule has 0 radical (unpaired) electrons. The molecule has 2 heterocycles. The molecule has 9 nitrogen and oxygen atoms in total.